The van der Waals surface area contributed by atoms with Crippen molar-refractivity contribution in [2.75, 3.05) is 45.7 Å². The summed E-state index contributed by atoms with van der Waals surface area (Å²) < 4.78 is 11.3. The van der Waals surface area contributed by atoms with Gasteiger partial charge >= 0.3 is 0 Å². The highest BCUT2D eigenvalue weighted by Gasteiger charge is 2.14. The number of likely N-dealkylation sites (N-methyl/N-ethyl adjacent to an activating group) is 1. The van der Waals surface area contributed by atoms with Crippen LogP contribution in [0.3, 0.4) is 0 Å². The largest absolute Gasteiger partial charge is 0.369 e. The first-order valence-corrected chi connectivity index (χ1v) is 14.1. The maximum absolute atomic E-state index is 12.1. The average Bonchev–Trinajstić information content (AvgIpc) is 2.81. The Morgan fingerprint density at radius 3 is 2.32 bits per heavy atom. The molecule has 7 nitrogen and oxygen atoms in total. The van der Waals surface area contributed by atoms with Crippen LogP contribution in [0.15, 0.2) is 24.3 Å². The second-order valence-electron chi connectivity index (χ2n) is 7.42. The molecule has 0 saturated carbocycles. The van der Waals surface area contributed by atoms with Crippen molar-refractivity contribution in [1.29, 1.82) is 0 Å². The fraction of sp³-hybridized carbons (Fsp3) is 0.600. The molecular formula is C25H41N3O4S2. The summed E-state index contributed by atoms with van der Waals surface area (Å²) in [6.07, 6.45) is 1.25. The maximum Gasteiger partial charge on any atom is 0.257 e. The Bertz CT molecular complexity index is 734. The second-order valence-corrected chi connectivity index (χ2v) is 10.1. The molecule has 0 aliphatic carbocycles. The number of carbonyl (C=O) groups is 2. The van der Waals surface area contributed by atoms with E-state index in [2.05, 4.69) is 48.7 Å². The smallest absolute Gasteiger partial charge is 0.257 e. The third-order valence-electron chi connectivity index (χ3n) is 3.67. The molecule has 34 heavy (non-hydrogen) atoms. The van der Waals surface area contributed by atoms with Crippen LogP contribution < -0.4 is 16.0 Å². The zero-order valence-electron chi connectivity index (χ0n) is 21.4. The molecule has 2 amide bonds. The third kappa shape index (κ3) is 16.8. The zero-order valence-corrected chi connectivity index (χ0v) is 23.0. The molecule has 1 atom stereocenters. The Morgan fingerprint density at radius 2 is 1.74 bits per heavy atom. The number of carbonyl (C=O) groups excluding carboxylic acids is 2. The zero-order chi connectivity index (χ0) is 25.6. The van der Waals surface area contributed by atoms with E-state index < -0.39 is 0 Å². The molecule has 0 bridgehead atoms. The molecule has 0 aliphatic heterocycles. The van der Waals surface area contributed by atoms with Crippen molar-refractivity contribution < 1.29 is 19.1 Å². The van der Waals surface area contributed by atoms with Gasteiger partial charge < -0.3 is 20.1 Å². The predicted octanol–water partition coefficient (Wildman–Crippen LogP) is 4.22. The van der Waals surface area contributed by atoms with E-state index in [-0.39, 0.29) is 29.8 Å². The molecule has 1 aromatic carbocycles. The Kier molecular flexibility index (Phi) is 20.7. The number of nitrogens with one attached hydrogen (secondary N) is 3. The van der Waals surface area contributed by atoms with Crippen molar-refractivity contribution >= 4 is 33.4 Å². The number of hydrogen-bond acceptors (Lipinski definition) is 7. The summed E-state index contributed by atoms with van der Waals surface area (Å²) >= 11 is 0. The van der Waals surface area contributed by atoms with Crippen LogP contribution in [0.2, 0.25) is 0 Å². The van der Waals surface area contributed by atoms with Gasteiger partial charge in [-0.05, 0) is 24.7 Å². The van der Waals surface area contributed by atoms with Gasteiger partial charge in [0.15, 0.2) is 0 Å². The first-order valence-electron chi connectivity index (χ1n) is 11.7. The fourth-order valence-corrected chi connectivity index (χ4v) is 4.13. The summed E-state index contributed by atoms with van der Waals surface area (Å²) in [5, 5.41) is 8.34. The van der Waals surface area contributed by atoms with Gasteiger partial charge in [-0.15, -0.1) is 0 Å². The molecule has 1 unspecified atom stereocenters. The summed E-state index contributed by atoms with van der Waals surface area (Å²) in [7, 11) is 5.16. The van der Waals surface area contributed by atoms with Gasteiger partial charge in [0.25, 0.3) is 11.8 Å². The molecule has 1 aromatic rings. The molecule has 0 heterocycles. The minimum Gasteiger partial charge on any atom is -0.369 e. The minimum absolute atomic E-state index is 0.0605. The Hall–Kier alpha value is -1.70. The van der Waals surface area contributed by atoms with E-state index in [0.717, 1.165) is 17.9 Å². The lowest BCUT2D eigenvalue weighted by Crippen LogP contribution is -2.30. The van der Waals surface area contributed by atoms with E-state index in [9.17, 15) is 9.59 Å². The predicted molar refractivity (Wildman–Crippen MR) is 145 cm³/mol. The molecule has 0 fully saturated rings. The molecule has 1 rings (SSSR count). The molecule has 3 N–H and O–H groups in total. The van der Waals surface area contributed by atoms with E-state index in [1.165, 1.54) is 6.42 Å². The topological polar surface area (TPSA) is 88.7 Å². The molecule has 192 valence electrons. The lowest BCUT2D eigenvalue weighted by molar-refractivity contribution is -0.125. The number of hydrogen-bond donors (Lipinski definition) is 3. The Labute approximate surface area is 213 Å². The van der Waals surface area contributed by atoms with Gasteiger partial charge in [0.2, 0.25) is 0 Å². The molecular weight excluding hydrogens is 470 g/mol. The monoisotopic (exact) mass is 511 g/mol. The lowest BCUT2D eigenvalue weighted by Gasteiger charge is -2.17. The van der Waals surface area contributed by atoms with Crippen molar-refractivity contribution in [3.63, 3.8) is 0 Å². The molecule has 0 aliphatic rings. The summed E-state index contributed by atoms with van der Waals surface area (Å²) in [6, 6.07) is 10.0. The number of rotatable bonds is 14. The van der Waals surface area contributed by atoms with Crippen LogP contribution in [0, 0.1) is 17.9 Å². The van der Waals surface area contributed by atoms with E-state index in [1.807, 2.05) is 33.0 Å². The normalized spacial score (nSPS) is 11.0. The van der Waals surface area contributed by atoms with Crippen molar-refractivity contribution in [3.8, 4) is 12.0 Å². The van der Waals surface area contributed by atoms with Gasteiger partial charge in [0, 0.05) is 36.4 Å². The summed E-state index contributed by atoms with van der Waals surface area (Å²) in [4.78, 5) is 23.8. The Morgan fingerprint density at radius 1 is 1.06 bits per heavy atom. The average molecular weight is 512 g/mol. The van der Waals surface area contributed by atoms with Crippen LogP contribution >= 0.6 is 21.6 Å². The lowest BCUT2D eigenvalue weighted by atomic mass is 10.1. The number of ether oxygens (including phenoxy) is 2. The van der Waals surface area contributed by atoms with Crippen molar-refractivity contribution in [1.82, 2.24) is 16.0 Å². The summed E-state index contributed by atoms with van der Waals surface area (Å²) in [5.74, 6) is 3.64. The van der Waals surface area contributed by atoms with Crippen LogP contribution in [0.1, 0.15) is 62.4 Å². The number of amides is 2. The Balaban J connectivity index is 0.00000343. The van der Waals surface area contributed by atoms with Crippen molar-refractivity contribution in [3.05, 3.63) is 35.4 Å². The second kappa shape index (κ2) is 21.8. The van der Waals surface area contributed by atoms with E-state index in [0.29, 0.717) is 25.3 Å². The van der Waals surface area contributed by atoms with E-state index in [4.69, 9.17) is 9.47 Å². The molecule has 9 heteroatoms. The van der Waals surface area contributed by atoms with Gasteiger partial charge in [-0.1, -0.05) is 80.7 Å². The highest BCUT2D eigenvalue weighted by atomic mass is 33.1. The van der Waals surface area contributed by atoms with Crippen LogP contribution in [0.5, 0.6) is 0 Å². The van der Waals surface area contributed by atoms with Crippen molar-refractivity contribution in [2.24, 2.45) is 5.92 Å². The quantitative estimate of drug-likeness (QED) is 0.113. The maximum atomic E-state index is 12.1. The summed E-state index contributed by atoms with van der Waals surface area (Å²) in [5.41, 5.74) is 1.39. The first kappa shape index (κ1) is 32.3. The standard InChI is InChI=1S/C22H33N3O4S2.C3H8/c1-5-30-31-22(29-15-14-28-16-20(26)24-11-10-17(2)3)19-8-6-18(7-9-19)21(27)25-13-12-23-4;1-3-2/h6-9,17,22-23H,5,12-16H2,1-4H3,(H,24,26)(H,25,27);3H2,1-2H3. The van der Waals surface area contributed by atoms with Gasteiger partial charge in [-0.2, -0.15) is 0 Å². The summed E-state index contributed by atoms with van der Waals surface area (Å²) in [6.45, 7) is 12.1. The van der Waals surface area contributed by atoms with Gasteiger partial charge in [-0.25, -0.2) is 0 Å². The molecule has 0 radical (unpaired) electrons. The molecule has 0 spiro atoms. The van der Waals surface area contributed by atoms with Crippen LogP contribution in [-0.2, 0) is 14.3 Å². The van der Waals surface area contributed by atoms with Crippen LogP contribution in [-0.4, -0.2) is 57.5 Å². The fourth-order valence-electron chi connectivity index (χ4n) is 2.17. The molecule has 0 aromatic heterocycles. The van der Waals surface area contributed by atoms with Crippen molar-refractivity contribution in [2.45, 2.75) is 46.5 Å². The van der Waals surface area contributed by atoms with Crippen LogP contribution in [0.4, 0.5) is 0 Å². The highest BCUT2D eigenvalue weighted by molar-refractivity contribution is 8.76. The highest BCUT2D eigenvalue weighted by Crippen LogP contribution is 2.38. The van der Waals surface area contributed by atoms with Gasteiger partial charge in [0.05, 0.1) is 13.2 Å². The third-order valence-corrected chi connectivity index (χ3v) is 6.27. The number of benzene rings is 1. The SMILES string of the molecule is CCC.CCSSC(OCCOCC(=O)NC#CC(C)C)c1ccc(C(=O)NCCNC)cc1. The van der Waals surface area contributed by atoms with Gasteiger partial charge in [0.1, 0.15) is 12.0 Å². The molecule has 0 saturated heterocycles. The van der Waals surface area contributed by atoms with E-state index in [1.54, 1.807) is 33.7 Å². The van der Waals surface area contributed by atoms with E-state index >= 15 is 0 Å². The first-order chi connectivity index (χ1) is 16.4. The van der Waals surface area contributed by atoms with Gasteiger partial charge in [-0.3, -0.25) is 14.9 Å². The minimum atomic E-state index is -0.274. The van der Waals surface area contributed by atoms with Crippen LogP contribution in [0.25, 0.3) is 0 Å².